The summed E-state index contributed by atoms with van der Waals surface area (Å²) < 4.78 is 0. The number of nitrogens with one attached hydrogen (secondary N) is 1. The third kappa shape index (κ3) is 4.47. The van der Waals surface area contributed by atoms with Crippen LogP contribution in [0.25, 0.3) is 0 Å². The third-order valence-electron chi connectivity index (χ3n) is 3.13. The average Bonchev–Trinajstić information content (AvgIpc) is 2.99. The van der Waals surface area contributed by atoms with Crippen LogP contribution >= 0.6 is 11.3 Å². The van der Waals surface area contributed by atoms with E-state index in [0.717, 1.165) is 18.4 Å². The monoisotopic (exact) mass is 289 g/mol. The quantitative estimate of drug-likeness (QED) is 0.823. The van der Waals surface area contributed by atoms with Gasteiger partial charge in [-0.15, -0.1) is 11.3 Å². The highest BCUT2D eigenvalue weighted by Crippen LogP contribution is 2.14. The van der Waals surface area contributed by atoms with Crippen LogP contribution in [0.3, 0.4) is 0 Å². The fourth-order valence-electron chi connectivity index (χ4n) is 2.06. The van der Waals surface area contributed by atoms with Crippen LogP contribution in [0.4, 0.5) is 0 Å². The second-order valence-corrected chi connectivity index (χ2v) is 5.68. The average molecular weight is 289 g/mol. The Morgan fingerprint density at radius 3 is 2.65 bits per heavy atom. The molecule has 0 unspecified atom stereocenters. The minimum atomic E-state index is -0.314. The molecular weight excluding hydrogens is 270 g/mol. The summed E-state index contributed by atoms with van der Waals surface area (Å²) >= 11 is 1.72. The molecule has 2 rings (SSSR count). The van der Waals surface area contributed by atoms with E-state index in [0.29, 0.717) is 6.42 Å². The Hall–Kier alpha value is -1.65. The predicted octanol–water partition coefficient (Wildman–Crippen LogP) is 2.92. The zero-order valence-corrected chi connectivity index (χ0v) is 12.1. The molecule has 0 bridgehead atoms. The molecule has 3 nitrogen and oxygen atoms in total. The molecule has 0 saturated heterocycles. The van der Waals surface area contributed by atoms with Crippen molar-refractivity contribution in [3.05, 3.63) is 58.3 Å². The van der Waals surface area contributed by atoms with Gasteiger partial charge in [-0.2, -0.15) is 0 Å². The second-order valence-electron chi connectivity index (χ2n) is 4.65. The number of hydrogen-bond donors (Lipinski definition) is 2. The largest absolute Gasteiger partial charge is 0.394 e. The smallest absolute Gasteiger partial charge is 0.220 e. The lowest BCUT2D eigenvalue weighted by molar-refractivity contribution is -0.122. The number of benzene rings is 1. The van der Waals surface area contributed by atoms with Crippen molar-refractivity contribution in [1.82, 2.24) is 5.32 Å². The van der Waals surface area contributed by atoms with E-state index < -0.39 is 0 Å². The van der Waals surface area contributed by atoms with Gasteiger partial charge in [0.15, 0.2) is 0 Å². The van der Waals surface area contributed by atoms with Gasteiger partial charge in [-0.25, -0.2) is 0 Å². The number of aryl methyl sites for hydroxylation is 1. The molecule has 4 heteroatoms. The number of aliphatic hydroxyl groups excluding tert-OH is 1. The summed E-state index contributed by atoms with van der Waals surface area (Å²) in [7, 11) is 0. The molecule has 0 saturated carbocycles. The molecule has 1 aromatic heterocycles. The summed E-state index contributed by atoms with van der Waals surface area (Å²) in [6, 6.07) is 13.3. The zero-order valence-electron chi connectivity index (χ0n) is 11.3. The highest BCUT2D eigenvalue weighted by molar-refractivity contribution is 7.09. The Morgan fingerprint density at radius 2 is 2.00 bits per heavy atom. The van der Waals surface area contributed by atoms with E-state index in [1.807, 2.05) is 41.8 Å². The summed E-state index contributed by atoms with van der Waals surface area (Å²) in [5.41, 5.74) is 0.932. The molecule has 0 aliphatic carbocycles. The van der Waals surface area contributed by atoms with E-state index in [1.54, 1.807) is 11.3 Å². The molecule has 2 aromatic rings. The molecule has 0 radical (unpaired) electrons. The first-order chi connectivity index (χ1) is 9.79. The first-order valence-corrected chi connectivity index (χ1v) is 7.65. The Labute approximate surface area is 123 Å². The van der Waals surface area contributed by atoms with Crippen LogP contribution < -0.4 is 5.32 Å². The Bertz CT molecular complexity index is 511. The third-order valence-corrected chi connectivity index (χ3v) is 4.06. The van der Waals surface area contributed by atoms with Gasteiger partial charge in [-0.3, -0.25) is 4.79 Å². The summed E-state index contributed by atoms with van der Waals surface area (Å²) in [6.45, 7) is -0.0827. The molecule has 1 heterocycles. The van der Waals surface area contributed by atoms with Crippen molar-refractivity contribution in [2.45, 2.75) is 25.3 Å². The highest BCUT2D eigenvalue weighted by Gasteiger charge is 2.12. The van der Waals surface area contributed by atoms with E-state index in [9.17, 15) is 9.90 Å². The van der Waals surface area contributed by atoms with Crippen molar-refractivity contribution >= 4 is 17.2 Å². The highest BCUT2D eigenvalue weighted by atomic mass is 32.1. The van der Waals surface area contributed by atoms with Crippen LogP contribution in [0.1, 0.15) is 29.3 Å². The number of carbonyl (C=O) groups is 1. The SMILES string of the molecule is O=C(CCCc1cccs1)N[C@H](CO)c1ccccc1. The lowest BCUT2D eigenvalue weighted by Crippen LogP contribution is -2.30. The number of amides is 1. The van der Waals surface area contributed by atoms with Crippen molar-refractivity contribution in [3.63, 3.8) is 0 Å². The van der Waals surface area contributed by atoms with Crippen LogP contribution in [0.15, 0.2) is 47.8 Å². The maximum Gasteiger partial charge on any atom is 0.220 e. The van der Waals surface area contributed by atoms with Crippen LogP contribution in [0, 0.1) is 0 Å². The van der Waals surface area contributed by atoms with Crippen LogP contribution in [0.2, 0.25) is 0 Å². The first kappa shape index (κ1) is 14.8. The lowest BCUT2D eigenvalue weighted by Gasteiger charge is -2.16. The van der Waals surface area contributed by atoms with E-state index >= 15 is 0 Å². The maximum absolute atomic E-state index is 11.9. The molecule has 106 valence electrons. The summed E-state index contributed by atoms with van der Waals surface area (Å²) in [5, 5.41) is 14.3. The molecule has 0 fully saturated rings. The first-order valence-electron chi connectivity index (χ1n) is 6.77. The number of carbonyl (C=O) groups excluding carboxylic acids is 1. The van der Waals surface area contributed by atoms with Crippen molar-refractivity contribution < 1.29 is 9.90 Å². The number of rotatable bonds is 7. The Morgan fingerprint density at radius 1 is 1.20 bits per heavy atom. The predicted molar refractivity (Wildman–Crippen MR) is 81.7 cm³/mol. The lowest BCUT2D eigenvalue weighted by atomic mass is 10.1. The maximum atomic E-state index is 11.9. The number of thiophene rings is 1. The number of hydrogen-bond acceptors (Lipinski definition) is 3. The topological polar surface area (TPSA) is 49.3 Å². The summed E-state index contributed by atoms with van der Waals surface area (Å²) in [4.78, 5) is 13.2. The fourth-order valence-corrected chi connectivity index (χ4v) is 2.82. The normalized spacial score (nSPS) is 12.1. The van der Waals surface area contributed by atoms with E-state index in [-0.39, 0.29) is 18.6 Å². The van der Waals surface area contributed by atoms with Gasteiger partial charge in [0.05, 0.1) is 12.6 Å². The van der Waals surface area contributed by atoms with Gasteiger partial charge >= 0.3 is 0 Å². The molecular formula is C16H19NO2S. The van der Waals surface area contributed by atoms with Gasteiger partial charge in [0, 0.05) is 11.3 Å². The Balaban J connectivity index is 1.78. The van der Waals surface area contributed by atoms with Gasteiger partial charge < -0.3 is 10.4 Å². The van der Waals surface area contributed by atoms with Crippen molar-refractivity contribution in [2.75, 3.05) is 6.61 Å². The fraction of sp³-hybridized carbons (Fsp3) is 0.312. The van der Waals surface area contributed by atoms with Crippen LogP contribution in [-0.4, -0.2) is 17.6 Å². The molecule has 1 aromatic carbocycles. The van der Waals surface area contributed by atoms with Gasteiger partial charge in [-0.05, 0) is 29.9 Å². The molecule has 0 aliphatic heterocycles. The van der Waals surface area contributed by atoms with Crippen LogP contribution in [-0.2, 0) is 11.2 Å². The van der Waals surface area contributed by atoms with Gasteiger partial charge in [0.2, 0.25) is 5.91 Å². The van der Waals surface area contributed by atoms with Gasteiger partial charge in [-0.1, -0.05) is 36.4 Å². The van der Waals surface area contributed by atoms with Crippen molar-refractivity contribution in [3.8, 4) is 0 Å². The summed E-state index contributed by atoms with van der Waals surface area (Å²) in [5.74, 6) is -0.00976. The molecule has 0 aliphatic rings. The standard InChI is InChI=1S/C16H19NO2S/c18-12-15(13-6-2-1-3-7-13)17-16(19)10-4-8-14-9-5-11-20-14/h1-3,5-7,9,11,15,18H,4,8,10,12H2,(H,17,19)/t15-/m1/s1. The molecule has 2 N–H and O–H groups in total. The Kier molecular flexibility index (Phi) is 5.77. The van der Waals surface area contributed by atoms with E-state index in [4.69, 9.17) is 0 Å². The zero-order chi connectivity index (χ0) is 14.2. The minimum Gasteiger partial charge on any atom is -0.394 e. The summed E-state index contributed by atoms with van der Waals surface area (Å²) in [6.07, 6.45) is 2.25. The molecule has 1 amide bonds. The van der Waals surface area contributed by atoms with Crippen LogP contribution in [0.5, 0.6) is 0 Å². The molecule has 20 heavy (non-hydrogen) atoms. The van der Waals surface area contributed by atoms with Gasteiger partial charge in [0.25, 0.3) is 0 Å². The van der Waals surface area contributed by atoms with E-state index in [1.165, 1.54) is 4.88 Å². The molecule has 1 atom stereocenters. The van der Waals surface area contributed by atoms with Crippen molar-refractivity contribution in [2.24, 2.45) is 0 Å². The van der Waals surface area contributed by atoms with Gasteiger partial charge in [0.1, 0.15) is 0 Å². The second kappa shape index (κ2) is 7.82. The van der Waals surface area contributed by atoms with E-state index in [2.05, 4.69) is 11.4 Å². The number of aliphatic hydroxyl groups is 1. The molecule has 0 spiro atoms. The minimum absolute atomic E-state index is 0.00976. The van der Waals surface area contributed by atoms with Crippen molar-refractivity contribution in [1.29, 1.82) is 0 Å².